The lowest BCUT2D eigenvalue weighted by atomic mass is 10.2. The molecule has 1 aliphatic heterocycles. The van der Waals surface area contributed by atoms with E-state index in [1.807, 2.05) is 18.7 Å². The number of anilines is 1. The molecule has 1 saturated heterocycles. The first-order valence-electron chi connectivity index (χ1n) is 6.93. The normalized spacial score (nSPS) is 19.3. The SMILES string of the molecule is Cc1nc([C@@H]2CN(CC(=O)Nc3nnc(C)s3)CCO2)n[nH]1. The number of carbonyl (C=O) groups is 1. The van der Waals surface area contributed by atoms with Crippen molar-refractivity contribution in [2.75, 3.05) is 31.6 Å². The minimum Gasteiger partial charge on any atom is -0.367 e. The van der Waals surface area contributed by atoms with Gasteiger partial charge in [0.05, 0.1) is 13.2 Å². The smallest absolute Gasteiger partial charge is 0.240 e. The Bertz CT molecular complexity index is 655. The van der Waals surface area contributed by atoms with Gasteiger partial charge in [0.25, 0.3) is 0 Å². The molecule has 1 fully saturated rings. The van der Waals surface area contributed by atoms with Crippen LogP contribution in [-0.2, 0) is 9.53 Å². The van der Waals surface area contributed by atoms with Crippen LogP contribution in [0.1, 0.15) is 22.8 Å². The van der Waals surface area contributed by atoms with Gasteiger partial charge in [-0.1, -0.05) is 11.3 Å². The number of rotatable bonds is 4. The summed E-state index contributed by atoms with van der Waals surface area (Å²) in [5, 5.41) is 18.8. The van der Waals surface area contributed by atoms with Gasteiger partial charge < -0.3 is 4.74 Å². The maximum Gasteiger partial charge on any atom is 0.240 e. The molecule has 3 rings (SSSR count). The number of aromatic nitrogens is 5. The van der Waals surface area contributed by atoms with Crippen molar-refractivity contribution in [1.82, 2.24) is 30.3 Å². The van der Waals surface area contributed by atoms with Crippen LogP contribution in [0.15, 0.2) is 0 Å². The minimum atomic E-state index is -0.213. The number of carbonyl (C=O) groups excluding carboxylic acids is 1. The monoisotopic (exact) mass is 323 g/mol. The van der Waals surface area contributed by atoms with E-state index in [0.717, 1.165) is 10.8 Å². The lowest BCUT2D eigenvalue weighted by Gasteiger charge is -2.30. The highest BCUT2D eigenvalue weighted by molar-refractivity contribution is 7.15. The Balaban J connectivity index is 1.54. The van der Waals surface area contributed by atoms with Crippen molar-refractivity contribution in [3.8, 4) is 0 Å². The van der Waals surface area contributed by atoms with E-state index >= 15 is 0 Å². The van der Waals surface area contributed by atoms with Gasteiger partial charge in [0.1, 0.15) is 16.9 Å². The Morgan fingerprint density at radius 3 is 3.05 bits per heavy atom. The molecule has 118 valence electrons. The van der Waals surface area contributed by atoms with Gasteiger partial charge in [0.2, 0.25) is 11.0 Å². The van der Waals surface area contributed by atoms with Crippen LogP contribution < -0.4 is 5.32 Å². The van der Waals surface area contributed by atoms with Crippen LogP contribution in [0.5, 0.6) is 0 Å². The highest BCUT2D eigenvalue weighted by atomic mass is 32.1. The lowest BCUT2D eigenvalue weighted by Crippen LogP contribution is -2.42. The van der Waals surface area contributed by atoms with E-state index in [0.29, 0.717) is 30.7 Å². The number of nitrogens with zero attached hydrogens (tertiary/aromatic N) is 5. The van der Waals surface area contributed by atoms with Gasteiger partial charge in [-0.25, -0.2) is 4.98 Å². The van der Waals surface area contributed by atoms with Gasteiger partial charge in [0.15, 0.2) is 5.82 Å². The summed E-state index contributed by atoms with van der Waals surface area (Å²) in [7, 11) is 0. The van der Waals surface area contributed by atoms with E-state index in [1.54, 1.807) is 0 Å². The molecule has 0 bridgehead atoms. The molecule has 1 atom stereocenters. The molecule has 2 aromatic heterocycles. The van der Waals surface area contributed by atoms with Crippen LogP contribution in [0.4, 0.5) is 5.13 Å². The fourth-order valence-corrected chi connectivity index (χ4v) is 2.82. The molecule has 22 heavy (non-hydrogen) atoms. The highest BCUT2D eigenvalue weighted by Crippen LogP contribution is 2.19. The van der Waals surface area contributed by atoms with Crippen molar-refractivity contribution in [2.24, 2.45) is 0 Å². The second kappa shape index (κ2) is 6.46. The summed E-state index contributed by atoms with van der Waals surface area (Å²) in [5.41, 5.74) is 0. The Kier molecular flexibility index (Phi) is 4.41. The number of morpholine rings is 1. The van der Waals surface area contributed by atoms with Crippen molar-refractivity contribution in [1.29, 1.82) is 0 Å². The van der Waals surface area contributed by atoms with E-state index in [-0.39, 0.29) is 18.6 Å². The molecule has 10 heteroatoms. The van der Waals surface area contributed by atoms with Crippen LogP contribution in [-0.4, -0.2) is 62.4 Å². The molecular formula is C12H17N7O2S. The van der Waals surface area contributed by atoms with Crippen molar-refractivity contribution in [3.63, 3.8) is 0 Å². The standard InChI is InChI=1S/C12H17N7O2S/c1-7-13-11(17-15-7)9-5-19(3-4-21-9)6-10(20)14-12-18-16-8(2)22-12/h9H,3-6H2,1-2H3,(H,13,15,17)(H,14,18,20)/t9-/m0/s1. The van der Waals surface area contributed by atoms with E-state index in [4.69, 9.17) is 4.74 Å². The van der Waals surface area contributed by atoms with Gasteiger partial charge >= 0.3 is 0 Å². The van der Waals surface area contributed by atoms with Gasteiger partial charge in [-0.15, -0.1) is 10.2 Å². The van der Waals surface area contributed by atoms with E-state index < -0.39 is 0 Å². The summed E-state index contributed by atoms with van der Waals surface area (Å²) in [6.07, 6.45) is -0.213. The molecule has 0 saturated carbocycles. The van der Waals surface area contributed by atoms with E-state index in [9.17, 15) is 4.79 Å². The third-order valence-electron chi connectivity index (χ3n) is 3.19. The summed E-state index contributed by atoms with van der Waals surface area (Å²) >= 11 is 1.36. The Labute approximate surface area is 131 Å². The second-order valence-corrected chi connectivity index (χ2v) is 6.23. The van der Waals surface area contributed by atoms with Gasteiger partial charge in [-0.05, 0) is 13.8 Å². The topological polar surface area (TPSA) is 109 Å². The second-order valence-electron chi connectivity index (χ2n) is 5.05. The van der Waals surface area contributed by atoms with Gasteiger partial charge in [-0.3, -0.25) is 20.1 Å². The van der Waals surface area contributed by atoms with Crippen molar-refractivity contribution in [3.05, 3.63) is 16.7 Å². The number of H-pyrrole nitrogens is 1. The molecule has 0 aliphatic carbocycles. The molecule has 2 aromatic rings. The van der Waals surface area contributed by atoms with Crippen molar-refractivity contribution in [2.45, 2.75) is 20.0 Å². The fourth-order valence-electron chi connectivity index (χ4n) is 2.22. The van der Waals surface area contributed by atoms with E-state index in [1.165, 1.54) is 11.3 Å². The maximum absolute atomic E-state index is 12.0. The first-order valence-corrected chi connectivity index (χ1v) is 7.74. The van der Waals surface area contributed by atoms with Gasteiger partial charge in [-0.2, -0.15) is 5.10 Å². The fraction of sp³-hybridized carbons (Fsp3) is 0.583. The maximum atomic E-state index is 12.0. The minimum absolute atomic E-state index is 0.108. The third-order valence-corrected chi connectivity index (χ3v) is 3.95. The molecule has 3 heterocycles. The molecule has 1 aliphatic rings. The Hall–Kier alpha value is -1.91. The molecule has 0 radical (unpaired) electrons. The first-order chi connectivity index (χ1) is 10.6. The quantitative estimate of drug-likeness (QED) is 0.832. The summed E-state index contributed by atoms with van der Waals surface area (Å²) in [6, 6.07) is 0. The summed E-state index contributed by atoms with van der Waals surface area (Å²) < 4.78 is 5.67. The number of amides is 1. The van der Waals surface area contributed by atoms with Crippen LogP contribution in [0.3, 0.4) is 0 Å². The van der Waals surface area contributed by atoms with Crippen LogP contribution in [0.2, 0.25) is 0 Å². The first kappa shape index (κ1) is 15.0. The van der Waals surface area contributed by atoms with Gasteiger partial charge in [0, 0.05) is 13.1 Å². The number of nitrogens with one attached hydrogen (secondary N) is 2. The summed E-state index contributed by atoms with van der Waals surface area (Å²) in [4.78, 5) is 18.3. The largest absolute Gasteiger partial charge is 0.367 e. The highest BCUT2D eigenvalue weighted by Gasteiger charge is 2.26. The van der Waals surface area contributed by atoms with Crippen LogP contribution >= 0.6 is 11.3 Å². The average Bonchev–Trinajstić information content (AvgIpc) is 3.08. The molecular weight excluding hydrogens is 306 g/mol. The predicted octanol–water partition coefficient (Wildman–Crippen LogP) is 0.285. The number of aromatic amines is 1. The average molecular weight is 323 g/mol. The molecule has 0 aromatic carbocycles. The number of aryl methyl sites for hydroxylation is 2. The molecule has 1 amide bonds. The summed E-state index contributed by atoms with van der Waals surface area (Å²) in [6.45, 7) is 5.79. The van der Waals surface area contributed by atoms with E-state index in [2.05, 4.69) is 30.7 Å². The zero-order valence-electron chi connectivity index (χ0n) is 12.4. The summed E-state index contributed by atoms with van der Waals surface area (Å²) in [5.74, 6) is 1.27. The van der Waals surface area contributed by atoms with Crippen molar-refractivity contribution >= 4 is 22.4 Å². The molecule has 9 nitrogen and oxygen atoms in total. The number of hydrogen-bond acceptors (Lipinski definition) is 8. The Morgan fingerprint density at radius 1 is 1.50 bits per heavy atom. The Morgan fingerprint density at radius 2 is 2.36 bits per heavy atom. The lowest BCUT2D eigenvalue weighted by molar-refractivity contribution is -0.119. The van der Waals surface area contributed by atoms with Crippen LogP contribution in [0, 0.1) is 13.8 Å². The molecule has 2 N–H and O–H groups in total. The number of ether oxygens (including phenoxy) is 1. The predicted molar refractivity (Wildman–Crippen MR) is 79.5 cm³/mol. The molecule has 0 spiro atoms. The van der Waals surface area contributed by atoms with Crippen LogP contribution in [0.25, 0.3) is 0 Å². The zero-order valence-corrected chi connectivity index (χ0v) is 13.2. The van der Waals surface area contributed by atoms with Crippen molar-refractivity contribution < 1.29 is 9.53 Å². The molecule has 0 unspecified atom stereocenters. The third kappa shape index (κ3) is 3.64. The number of hydrogen-bond donors (Lipinski definition) is 2. The zero-order chi connectivity index (χ0) is 15.5.